The Balaban J connectivity index is 1.88. The average Bonchev–Trinajstić information content (AvgIpc) is 3.34. The van der Waals surface area contributed by atoms with Gasteiger partial charge in [0, 0.05) is 34.9 Å². The summed E-state index contributed by atoms with van der Waals surface area (Å²) in [7, 11) is 2.27. The average molecular weight is 349 g/mol. The zero-order valence-corrected chi connectivity index (χ0v) is 15.2. The fourth-order valence-corrected chi connectivity index (χ4v) is 4.98. The van der Waals surface area contributed by atoms with E-state index in [0.29, 0.717) is 6.54 Å². The minimum atomic E-state index is 0.0561. The molecule has 2 aliphatic rings. The minimum Gasteiger partial charge on any atom is -0.348 e. The van der Waals surface area contributed by atoms with E-state index in [0.717, 1.165) is 29.7 Å². The van der Waals surface area contributed by atoms with Gasteiger partial charge in [-0.25, -0.2) is 0 Å². The van der Waals surface area contributed by atoms with E-state index >= 15 is 0 Å². The van der Waals surface area contributed by atoms with Crippen molar-refractivity contribution in [1.29, 1.82) is 0 Å². The standard InChI is InChI=1S/C23H18BN2O/c1-2-11-26-17-10-6-4-8-14(17)18-15-12-25-23(27)20(15)19-13-7-3-5-9-16(13)24-21(19)22(18)26/h3-10H,2,11-12H2,1H3,(H,25,27). The lowest BCUT2D eigenvalue weighted by molar-refractivity contribution is 0.0966. The quantitative estimate of drug-likeness (QED) is 0.489. The Morgan fingerprint density at radius 1 is 1.07 bits per heavy atom. The van der Waals surface area contributed by atoms with Crippen molar-refractivity contribution in [2.24, 2.45) is 0 Å². The van der Waals surface area contributed by atoms with Crippen LogP contribution in [0.15, 0.2) is 48.5 Å². The zero-order chi connectivity index (χ0) is 18.1. The second-order valence-electron chi connectivity index (χ2n) is 7.45. The van der Waals surface area contributed by atoms with Crippen LogP contribution in [0.3, 0.4) is 0 Å². The van der Waals surface area contributed by atoms with Crippen LogP contribution in [0.5, 0.6) is 0 Å². The third-order valence-corrected chi connectivity index (χ3v) is 5.98. The van der Waals surface area contributed by atoms with E-state index in [9.17, 15) is 4.79 Å². The molecule has 2 aliphatic heterocycles. The maximum absolute atomic E-state index is 12.8. The van der Waals surface area contributed by atoms with Gasteiger partial charge in [-0.1, -0.05) is 54.9 Å². The summed E-state index contributed by atoms with van der Waals surface area (Å²) in [5, 5.41) is 5.58. The molecule has 1 aromatic heterocycles. The predicted octanol–water partition coefficient (Wildman–Crippen LogP) is 3.08. The fourth-order valence-electron chi connectivity index (χ4n) is 4.98. The number of carbonyl (C=O) groups is 1. The Labute approximate surface area is 158 Å². The number of nitrogens with zero attached hydrogens (tertiary/aromatic N) is 1. The van der Waals surface area contributed by atoms with Crippen LogP contribution in [0, 0.1) is 0 Å². The number of hydrogen-bond acceptors (Lipinski definition) is 1. The van der Waals surface area contributed by atoms with E-state index in [4.69, 9.17) is 0 Å². The lowest BCUT2D eigenvalue weighted by atomic mass is 9.67. The summed E-state index contributed by atoms with van der Waals surface area (Å²) in [4.78, 5) is 12.8. The molecule has 1 radical (unpaired) electrons. The van der Waals surface area contributed by atoms with Crippen LogP contribution in [0.1, 0.15) is 29.3 Å². The number of carbonyl (C=O) groups excluding carboxylic acids is 1. The molecule has 4 aromatic rings. The molecule has 129 valence electrons. The summed E-state index contributed by atoms with van der Waals surface area (Å²) in [5.74, 6) is 0.0561. The van der Waals surface area contributed by atoms with Gasteiger partial charge in [0.1, 0.15) is 0 Å². The largest absolute Gasteiger partial charge is 0.348 e. The SMILES string of the molecule is CCCn1c2ccccc2c2c3c(c4c(c21)[B]c1ccccc1-4)C(=O)NC3. The lowest BCUT2D eigenvalue weighted by Crippen LogP contribution is -2.24. The van der Waals surface area contributed by atoms with Crippen molar-refractivity contribution in [1.82, 2.24) is 9.88 Å². The lowest BCUT2D eigenvalue weighted by Gasteiger charge is -2.13. The van der Waals surface area contributed by atoms with Gasteiger partial charge >= 0.3 is 0 Å². The van der Waals surface area contributed by atoms with E-state index in [1.54, 1.807) is 0 Å². The van der Waals surface area contributed by atoms with Gasteiger partial charge in [-0.3, -0.25) is 4.79 Å². The Bertz CT molecular complexity index is 1290. The number of hydrogen-bond donors (Lipinski definition) is 1. The normalized spacial score (nSPS) is 14.2. The van der Waals surface area contributed by atoms with Gasteiger partial charge in [0.15, 0.2) is 7.28 Å². The van der Waals surface area contributed by atoms with Gasteiger partial charge in [-0.2, -0.15) is 0 Å². The first-order chi connectivity index (χ1) is 13.3. The Morgan fingerprint density at radius 3 is 2.78 bits per heavy atom. The molecular formula is C23H18BN2O. The first-order valence-corrected chi connectivity index (χ1v) is 9.61. The molecule has 6 rings (SSSR count). The Morgan fingerprint density at radius 2 is 1.89 bits per heavy atom. The number of rotatable bonds is 2. The van der Waals surface area contributed by atoms with Crippen LogP contribution in [0.4, 0.5) is 0 Å². The summed E-state index contributed by atoms with van der Waals surface area (Å²) in [6.45, 7) is 3.80. The monoisotopic (exact) mass is 349 g/mol. The molecule has 0 atom stereocenters. The first kappa shape index (κ1) is 15.1. The molecule has 0 saturated carbocycles. The Kier molecular flexibility index (Phi) is 2.94. The van der Waals surface area contributed by atoms with Gasteiger partial charge in [0.2, 0.25) is 0 Å². The van der Waals surface area contributed by atoms with Crippen LogP contribution in [0.25, 0.3) is 32.9 Å². The van der Waals surface area contributed by atoms with E-state index in [1.807, 2.05) is 0 Å². The molecule has 0 saturated heterocycles. The molecule has 0 bridgehead atoms. The van der Waals surface area contributed by atoms with Crippen molar-refractivity contribution in [2.75, 3.05) is 0 Å². The predicted molar refractivity (Wildman–Crippen MR) is 111 cm³/mol. The number of para-hydroxylation sites is 1. The van der Waals surface area contributed by atoms with Crippen molar-refractivity contribution in [2.45, 2.75) is 26.4 Å². The highest BCUT2D eigenvalue weighted by molar-refractivity contribution is 6.76. The van der Waals surface area contributed by atoms with Crippen molar-refractivity contribution < 1.29 is 4.79 Å². The van der Waals surface area contributed by atoms with Crippen molar-refractivity contribution in [3.05, 3.63) is 59.7 Å². The molecule has 0 unspecified atom stereocenters. The van der Waals surface area contributed by atoms with Gasteiger partial charge < -0.3 is 9.88 Å². The molecule has 3 nitrogen and oxygen atoms in total. The Hall–Kier alpha value is -3.01. The summed E-state index contributed by atoms with van der Waals surface area (Å²) >= 11 is 0. The van der Waals surface area contributed by atoms with E-state index < -0.39 is 0 Å². The van der Waals surface area contributed by atoms with Crippen LogP contribution in [-0.4, -0.2) is 17.8 Å². The molecule has 3 heterocycles. The molecule has 27 heavy (non-hydrogen) atoms. The molecule has 4 heteroatoms. The summed E-state index contributed by atoms with van der Waals surface area (Å²) in [5.41, 5.74) is 9.26. The second-order valence-corrected chi connectivity index (χ2v) is 7.45. The maximum atomic E-state index is 12.8. The summed E-state index contributed by atoms with van der Waals surface area (Å²) in [6, 6.07) is 17.0. The van der Waals surface area contributed by atoms with E-state index in [-0.39, 0.29) is 5.91 Å². The molecular weight excluding hydrogens is 331 g/mol. The third-order valence-electron chi connectivity index (χ3n) is 5.98. The number of amides is 1. The van der Waals surface area contributed by atoms with E-state index in [1.165, 1.54) is 38.3 Å². The van der Waals surface area contributed by atoms with Crippen molar-refractivity contribution >= 4 is 45.9 Å². The molecule has 0 spiro atoms. The zero-order valence-electron chi connectivity index (χ0n) is 15.2. The molecule has 0 fully saturated rings. The van der Waals surface area contributed by atoms with E-state index in [2.05, 4.69) is 72.6 Å². The number of fused-ring (bicyclic) bond motifs is 10. The highest BCUT2D eigenvalue weighted by Gasteiger charge is 2.35. The maximum Gasteiger partial charge on any atom is 0.252 e. The van der Waals surface area contributed by atoms with Crippen LogP contribution < -0.4 is 16.2 Å². The topological polar surface area (TPSA) is 34.0 Å². The molecule has 1 N–H and O–H groups in total. The molecule has 0 aliphatic carbocycles. The minimum absolute atomic E-state index is 0.0561. The van der Waals surface area contributed by atoms with Gasteiger partial charge in [0.25, 0.3) is 5.91 Å². The van der Waals surface area contributed by atoms with Crippen LogP contribution in [-0.2, 0) is 13.1 Å². The molecule has 1 amide bonds. The highest BCUT2D eigenvalue weighted by Crippen LogP contribution is 2.40. The van der Waals surface area contributed by atoms with Crippen molar-refractivity contribution in [3.8, 4) is 11.1 Å². The fraction of sp³-hybridized carbons (Fsp3) is 0.174. The van der Waals surface area contributed by atoms with Gasteiger partial charge in [-0.15, -0.1) is 0 Å². The summed E-state index contributed by atoms with van der Waals surface area (Å²) < 4.78 is 2.45. The number of nitrogens with one attached hydrogen (secondary N) is 1. The third kappa shape index (κ3) is 1.80. The molecule has 3 aromatic carbocycles. The highest BCUT2D eigenvalue weighted by atomic mass is 16.1. The second kappa shape index (κ2) is 5.26. The van der Waals surface area contributed by atoms with Gasteiger partial charge in [-0.05, 0) is 34.6 Å². The van der Waals surface area contributed by atoms with Crippen LogP contribution >= 0.6 is 0 Å². The van der Waals surface area contributed by atoms with Gasteiger partial charge in [0.05, 0.1) is 5.56 Å². The van der Waals surface area contributed by atoms with Crippen molar-refractivity contribution in [3.63, 3.8) is 0 Å². The smallest absolute Gasteiger partial charge is 0.252 e. The van der Waals surface area contributed by atoms with Crippen LogP contribution in [0.2, 0.25) is 0 Å². The number of aromatic nitrogens is 1. The summed E-state index contributed by atoms with van der Waals surface area (Å²) in [6.07, 6.45) is 1.07. The number of aryl methyl sites for hydroxylation is 1. The first-order valence-electron chi connectivity index (χ1n) is 9.61. The number of benzene rings is 3.